The van der Waals surface area contributed by atoms with Crippen molar-refractivity contribution >= 4 is 15.9 Å². The number of rotatable bonds is 1. The van der Waals surface area contributed by atoms with Gasteiger partial charge in [0.2, 0.25) is 0 Å². The van der Waals surface area contributed by atoms with Crippen LogP contribution in [0, 0.1) is 17.8 Å². The molecule has 3 atom stereocenters. The normalized spacial score (nSPS) is 43.5. The van der Waals surface area contributed by atoms with Crippen LogP contribution in [-0.4, -0.2) is 9.62 Å². The highest BCUT2D eigenvalue weighted by molar-refractivity contribution is 9.10. The van der Waals surface area contributed by atoms with Crippen LogP contribution in [0.1, 0.15) is 40.0 Å². The summed E-state index contributed by atoms with van der Waals surface area (Å²) in [5.74, 6) is 1.65. The number of halogens is 1. The van der Waals surface area contributed by atoms with Gasteiger partial charge in [0.25, 0.3) is 0 Å². The lowest BCUT2D eigenvalue weighted by molar-refractivity contribution is 0.00227. The van der Waals surface area contributed by atoms with E-state index in [1.165, 1.54) is 6.42 Å². The van der Waals surface area contributed by atoms with Crippen molar-refractivity contribution in [2.45, 2.75) is 44.5 Å². The molecule has 0 aromatic carbocycles. The molecule has 1 rings (SSSR count). The Kier molecular flexibility index (Phi) is 3.21. The molecule has 0 aromatic heterocycles. The molecule has 1 fully saturated rings. The second-order valence-electron chi connectivity index (χ2n) is 4.56. The first-order valence-corrected chi connectivity index (χ1v) is 5.64. The van der Waals surface area contributed by atoms with Crippen LogP contribution in [0.3, 0.4) is 0 Å². The van der Waals surface area contributed by atoms with Gasteiger partial charge in [-0.1, -0.05) is 43.1 Å². The van der Waals surface area contributed by atoms with Gasteiger partial charge in [0.15, 0.2) is 0 Å². The minimum Gasteiger partial charge on any atom is -0.379 e. The average molecular weight is 235 g/mol. The highest BCUT2D eigenvalue weighted by atomic mass is 79.9. The summed E-state index contributed by atoms with van der Waals surface area (Å²) in [5, 5.41) is 10.1. The maximum Gasteiger partial charge on any atom is 0.122 e. The second kappa shape index (κ2) is 3.67. The summed E-state index contributed by atoms with van der Waals surface area (Å²) in [6, 6.07) is 0. The highest BCUT2D eigenvalue weighted by Gasteiger charge is 2.40. The molecule has 3 unspecified atom stereocenters. The summed E-state index contributed by atoms with van der Waals surface area (Å²) in [6.45, 7) is 6.59. The topological polar surface area (TPSA) is 20.2 Å². The van der Waals surface area contributed by atoms with E-state index in [0.717, 1.165) is 12.8 Å². The molecule has 1 N–H and O–H groups in total. The average Bonchev–Trinajstić information content (AvgIpc) is 1.82. The molecule has 1 saturated carbocycles. The molecule has 2 heteroatoms. The minimum absolute atomic E-state index is 0.425. The third-order valence-corrected chi connectivity index (χ3v) is 3.89. The zero-order valence-corrected chi connectivity index (χ0v) is 9.76. The molecule has 1 nitrogen and oxygen atoms in total. The Balaban J connectivity index is 2.64. The molecule has 1 aliphatic carbocycles. The second-order valence-corrected chi connectivity index (χ2v) is 5.93. The van der Waals surface area contributed by atoms with Gasteiger partial charge in [0.1, 0.15) is 4.51 Å². The summed E-state index contributed by atoms with van der Waals surface area (Å²) < 4.78 is -0.598. The quantitative estimate of drug-likeness (QED) is 0.692. The standard InChI is InChI=1S/C10H19BrO/c1-7(2)9-5-4-8(3)6-10(9,11)12/h7-9,12H,4-6H2,1-3H3. The molecule has 0 heterocycles. The molecular formula is C10H19BrO. The number of hydrogen-bond donors (Lipinski definition) is 1. The molecule has 72 valence electrons. The van der Waals surface area contributed by atoms with Crippen molar-refractivity contribution in [3.8, 4) is 0 Å². The summed E-state index contributed by atoms with van der Waals surface area (Å²) in [5.41, 5.74) is 0. The Hall–Kier alpha value is 0.440. The molecule has 0 amide bonds. The van der Waals surface area contributed by atoms with Crippen molar-refractivity contribution in [2.24, 2.45) is 17.8 Å². The van der Waals surface area contributed by atoms with Gasteiger partial charge in [-0.05, 0) is 24.7 Å². The van der Waals surface area contributed by atoms with Crippen LogP contribution >= 0.6 is 15.9 Å². The molecule has 0 spiro atoms. The fourth-order valence-electron chi connectivity index (χ4n) is 2.27. The van der Waals surface area contributed by atoms with Gasteiger partial charge < -0.3 is 5.11 Å². The summed E-state index contributed by atoms with van der Waals surface area (Å²) in [6.07, 6.45) is 3.31. The lowest BCUT2D eigenvalue weighted by Crippen LogP contribution is -2.40. The van der Waals surface area contributed by atoms with Crippen molar-refractivity contribution < 1.29 is 5.11 Å². The van der Waals surface area contributed by atoms with Crippen molar-refractivity contribution in [2.75, 3.05) is 0 Å². The van der Waals surface area contributed by atoms with E-state index in [-0.39, 0.29) is 0 Å². The van der Waals surface area contributed by atoms with E-state index in [9.17, 15) is 5.11 Å². The molecule has 0 bridgehead atoms. The van der Waals surface area contributed by atoms with Gasteiger partial charge in [-0.2, -0.15) is 0 Å². The van der Waals surface area contributed by atoms with Crippen LogP contribution in [0.25, 0.3) is 0 Å². The van der Waals surface area contributed by atoms with Crippen molar-refractivity contribution in [1.82, 2.24) is 0 Å². The number of hydrogen-bond acceptors (Lipinski definition) is 1. The Morgan fingerprint density at radius 1 is 1.42 bits per heavy atom. The summed E-state index contributed by atoms with van der Waals surface area (Å²) in [7, 11) is 0. The van der Waals surface area contributed by atoms with Crippen LogP contribution < -0.4 is 0 Å². The van der Waals surface area contributed by atoms with E-state index in [4.69, 9.17) is 0 Å². The molecule has 1 aliphatic rings. The summed E-state index contributed by atoms with van der Waals surface area (Å²) in [4.78, 5) is 0. The SMILES string of the molecule is CC1CCC(C(C)C)C(O)(Br)C1. The van der Waals surface area contributed by atoms with Gasteiger partial charge in [-0.25, -0.2) is 0 Å². The Bertz CT molecular complexity index is 154. The van der Waals surface area contributed by atoms with E-state index in [1.807, 2.05) is 0 Å². The Morgan fingerprint density at radius 2 is 2.00 bits per heavy atom. The van der Waals surface area contributed by atoms with Crippen LogP contribution in [0.5, 0.6) is 0 Å². The van der Waals surface area contributed by atoms with E-state index in [0.29, 0.717) is 17.8 Å². The lowest BCUT2D eigenvalue weighted by Gasteiger charge is -2.40. The van der Waals surface area contributed by atoms with Crippen LogP contribution in [0.2, 0.25) is 0 Å². The monoisotopic (exact) mass is 234 g/mol. The van der Waals surface area contributed by atoms with Crippen molar-refractivity contribution in [3.05, 3.63) is 0 Å². The van der Waals surface area contributed by atoms with Gasteiger partial charge >= 0.3 is 0 Å². The Labute approximate surface area is 83.7 Å². The van der Waals surface area contributed by atoms with Gasteiger partial charge in [0, 0.05) is 5.92 Å². The zero-order chi connectivity index (χ0) is 9.35. The first kappa shape index (κ1) is 10.5. The number of alkyl halides is 1. The lowest BCUT2D eigenvalue weighted by atomic mass is 9.75. The first-order chi connectivity index (χ1) is 5.43. The molecule has 12 heavy (non-hydrogen) atoms. The molecule has 0 aromatic rings. The number of aliphatic hydroxyl groups is 1. The molecular weight excluding hydrogens is 216 g/mol. The van der Waals surface area contributed by atoms with E-state index < -0.39 is 4.51 Å². The Morgan fingerprint density at radius 3 is 2.42 bits per heavy atom. The van der Waals surface area contributed by atoms with Crippen molar-refractivity contribution in [3.63, 3.8) is 0 Å². The van der Waals surface area contributed by atoms with Gasteiger partial charge in [-0.3, -0.25) is 0 Å². The predicted octanol–water partition coefficient (Wildman–Crippen LogP) is 3.16. The van der Waals surface area contributed by atoms with Gasteiger partial charge in [-0.15, -0.1) is 0 Å². The van der Waals surface area contributed by atoms with E-state index in [1.54, 1.807) is 0 Å². The third kappa shape index (κ3) is 2.23. The largest absolute Gasteiger partial charge is 0.379 e. The van der Waals surface area contributed by atoms with Crippen LogP contribution in [0.15, 0.2) is 0 Å². The van der Waals surface area contributed by atoms with Gasteiger partial charge in [0.05, 0.1) is 0 Å². The smallest absolute Gasteiger partial charge is 0.122 e. The molecule has 0 aliphatic heterocycles. The van der Waals surface area contributed by atoms with E-state index in [2.05, 4.69) is 36.7 Å². The fraction of sp³-hybridized carbons (Fsp3) is 1.00. The van der Waals surface area contributed by atoms with Crippen molar-refractivity contribution in [1.29, 1.82) is 0 Å². The minimum atomic E-state index is -0.598. The van der Waals surface area contributed by atoms with Crippen LogP contribution in [0.4, 0.5) is 0 Å². The van der Waals surface area contributed by atoms with Crippen LogP contribution in [-0.2, 0) is 0 Å². The highest BCUT2D eigenvalue weighted by Crippen LogP contribution is 2.44. The zero-order valence-electron chi connectivity index (χ0n) is 8.18. The van der Waals surface area contributed by atoms with E-state index >= 15 is 0 Å². The fourth-order valence-corrected chi connectivity index (χ4v) is 3.58. The first-order valence-electron chi connectivity index (χ1n) is 4.84. The summed E-state index contributed by atoms with van der Waals surface area (Å²) >= 11 is 3.46. The molecule has 0 saturated heterocycles. The maximum atomic E-state index is 10.1. The predicted molar refractivity (Wildman–Crippen MR) is 55.2 cm³/mol. The molecule has 0 radical (unpaired) electrons. The third-order valence-electron chi connectivity index (χ3n) is 2.98. The maximum absolute atomic E-state index is 10.1.